The van der Waals surface area contributed by atoms with Crippen LogP contribution in [-0.2, 0) is 6.42 Å². The first kappa shape index (κ1) is 12.9. The van der Waals surface area contributed by atoms with Crippen LogP contribution in [0.5, 0.6) is 0 Å². The summed E-state index contributed by atoms with van der Waals surface area (Å²) >= 11 is 13.4. The van der Waals surface area contributed by atoms with E-state index in [9.17, 15) is 0 Å². The predicted octanol–water partition coefficient (Wildman–Crippen LogP) is 4.61. The van der Waals surface area contributed by atoms with Crippen LogP contribution in [0.4, 0.5) is 0 Å². The molecule has 1 aromatic carbocycles. The average Bonchev–Trinajstić information content (AvgIpc) is 2.63. The molecule has 17 heavy (non-hydrogen) atoms. The van der Waals surface area contributed by atoms with Crippen molar-refractivity contribution in [1.29, 1.82) is 0 Å². The number of rotatable bonds is 3. The summed E-state index contributed by atoms with van der Waals surface area (Å²) in [5.41, 5.74) is 8.48. The Hall–Kier alpha value is -0.540. The van der Waals surface area contributed by atoms with Gasteiger partial charge in [-0.15, -0.1) is 11.3 Å². The van der Waals surface area contributed by atoms with Crippen LogP contribution in [0.1, 0.15) is 22.0 Å². The molecule has 2 rings (SSSR count). The Morgan fingerprint density at radius 2 is 2.00 bits per heavy atom. The molecule has 0 aliphatic carbocycles. The van der Waals surface area contributed by atoms with Crippen LogP contribution in [0.3, 0.4) is 0 Å². The monoisotopic (exact) mass is 285 g/mol. The van der Waals surface area contributed by atoms with Gasteiger partial charge < -0.3 is 5.73 Å². The average molecular weight is 286 g/mol. The van der Waals surface area contributed by atoms with Crippen LogP contribution in [0, 0.1) is 6.92 Å². The molecular weight excluding hydrogens is 273 g/mol. The van der Waals surface area contributed by atoms with Crippen molar-refractivity contribution in [2.24, 2.45) is 5.73 Å². The molecule has 0 fully saturated rings. The molecule has 90 valence electrons. The minimum Gasteiger partial charge on any atom is -0.324 e. The van der Waals surface area contributed by atoms with E-state index in [1.54, 1.807) is 11.3 Å². The largest absolute Gasteiger partial charge is 0.324 e. The smallest absolute Gasteiger partial charge is 0.0931 e. The molecule has 0 aliphatic heterocycles. The second-order valence-corrected chi connectivity index (χ2v) is 6.25. The third-order valence-electron chi connectivity index (χ3n) is 2.68. The van der Waals surface area contributed by atoms with Gasteiger partial charge in [-0.3, -0.25) is 0 Å². The maximum absolute atomic E-state index is 6.21. The van der Waals surface area contributed by atoms with Crippen molar-refractivity contribution in [1.82, 2.24) is 0 Å². The Morgan fingerprint density at radius 1 is 1.24 bits per heavy atom. The Labute approximate surface area is 115 Å². The van der Waals surface area contributed by atoms with Crippen molar-refractivity contribution in [2.45, 2.75) is 19.4 Å². The molecule has 1 heterocycles. The van der Waals surface area contributed by atoms with E-state index in [4.69, 9.17) is 28.9 Å². The number of halogens is 2. The standard InChI is InChI=1S/C13H13Cl2NS/c1-8-6-9(14)2-4-11(8)12(16)7-10-3-5-13(15)17-10/h2-6,12H,7,16H2,1H3. The molecule has 0 saturated carbocycles. The van der Waals surface area contributed by atoms with E-state index in [0.717, 1.165) is 26.9 Å². The number of aryl methyl sites for hydroxylation is 1. The van der Waals surface area contributed by atoms with Gasteiger partial charge in [0.15, 0.2) is 0 Å². The first-order valence-corrected chi connectivity index (χ1v) is 6.89. The molecule has 0 bridgehead atoms. The molecule has 1 aromatic heterocycles. The summed E-state index contributed by atoms with van der Waals surface area (Å²) in [6.45, 7) is 2.03. The number of thiophene rings is 1. The van der Waals surface area contributed by atoms with Gasteiger partial charge in [-0.1, -0.05) is 29.3 Å². The number of hydrogen-bond acceptors (Lipinski definition) is 2. The second kappa shape index (κ2) is 5.40. The Kier molecular flexibility index (Phi) is 4.10. The molecule has 4 heteroatoms. The van der Waals surface area contributed by atoms with Crippen LogP contribution in [-0.4, -0.2) is 0 Å². The maximum atomic E-state index is 6.21. The lowest BCUT2D eigenvalue weighted by molar-refractivity contribution is 0.725. The van der Waals surface area contributed by atoms with Gasteiger partial charge in [-0.05, 0) is 42.3 Å². The zero-order valence-electron chi connectivity index (χ0n) is 9.41. The van der Waals surface area contributed by atoms with Gasteiger partial charge in [0.1, 0.15) is 0 Å². The molecule has 2 N–H and O–H groups in total. The Balaban J connectivity index is 2.17. The minimum absolute atomic E-state index is 0.0121. The highest BCUT2D eigenvalue weighted by Crippen LogP contribution is 2.27. The van der Waals surface area contributed by atoms with Crippen LogP contribution in [0.25, 0.3) is 0 Å². The van der Waals surface area contributed by atoms with Crippen LogP contribution < -0.4 is 5.73 Å². The normalized spacial score (nSPS) is 12.7. The van der Waals surface area contributed by atoms with E-state index in [1.807, 2.05) is 37.3 Å². The quantitative estimate of drug-likeness (QED) is 0.876. The molecule has 0 aliphatic rings. The van der Waals surface area contributed by atoms with Crippen molar-refractivity contribution in [3.8, 4) is 0 Å². The van der Waals surface area contributed by atoms with Gasteiger partial charge >= 0.3 is 0 Å². The van der Waals surface area contributed by atoms with Gasteiger partial charge in [0, 0.05) is 22.4 Å². The maximum Gasteiger partial charge on any atom is 0.0931 e. The summed E-state index contributed by atoms with van der Waals surface area (Å²) in [4.78, 5) is 1.21. The fourth-order valence-electron chi connectivity index (χ4n) is 1.84. The Bertz CT molecular complexity index is 522. The number of nitrogens with two attached hydrogens (primary N) is 1. The molecule has 0 spiro atoms. The van der Waals surface area contributed by atoms with Gasteiger partial charge in [0.05, 0.1) is 4.34 Å². The van der Waals surface area contributed by atoms with Crippen molar-refractivity contribution >= 4 is 34.5 Å². The van der Waals surface area contributed by atoms with E-state index >= 15 is 0 Å². The Morgan fingerprint density at radius 3 is 2.59 bits per heavy atom. The summed E-state index contributed by atoms with van der Waals surface area (Å²) in [6, 6.07) is 9.74. The summed E-state index contributed by atoms with van der Waals surface area (Å²) < 4.78 is 0.806. The summed E-state index contributed by atoms with van der Waals surface area (Å²) in [5.74, 6) is 0. The molecule has 0 radical (unpaired) electrons. The zero-order chi connectivity index (χ0) is 12.4. The zero-order valence-corrected chi connectivity index (χ0v) is 11.7. The van der Waals surface area contributed by atoms with Crippen molar-refractivity contribution in [3.05, 3.63) is 55.7 Å². The van der Waals surface area contributed by atoms with E-state index in [1.165, 1.54) is 4.88 Å². The minimum atomic E-state index is -0.0121. The molecule has 1 atom stereocenters. The van der Waals surface area contributed by atoms with Gasteiger partial charge in [0.25, 0.3) is 0 Å². The highest BCUT2D eigenvalue weighted by atomic mass is 35.5. The van der Waals surface area contributed by atoms with Crippen molar-refractivity contribution in [3.63, 3.8) is 0 Å². The lowest BCUT2D eigenvalue weighted by Crippen LogP contribution is -2.13. The van der Waals surface area contributed by atoms with Crippen molar-refractivity contribution < 1.29 is 0 Å². The molecule has 1 unspecified atom stereocenters. The van der Waals surface area contributed by atoms with E-state index < -0.39 is 0 Å². The second-order valence-electron chi connectivity index (χ2n) is 4.02. The third-order valence-corrected chi connectivity index (χ3v) is 4.17. The van der Waals surface area contributed by atoms with E-state index in [0.29, 0.717) is 0 Å². The molecule has 0 amide bonds. The molecular formula is C13H13Cl2NS. The molecule has 0 saturated heterocycles. The van der Waals surface area contributed by atoms with Crippen molar-refractivity contribution in [2.75, 3.05) is 0 Å². The fourth-order valence-corrected chi connectivity index (χ4v) is 3.22. The fraction of sp³-hybridized carbons (Fsp3) is 0.231. The predicted molar refractivity (Wildman–Crippen MR) is 76.2 cm³/mol. The summed E-state index contributed by atoms with van der Waals surface area (Å²) in [6.07, 6.45) is 0.805. The summed E-state index contributed by atoms with van der Waals surface area (Å²) in [5, 5.41) is 0.748. The third kappa shape index (κ3) is 3.23. The highest BCUT2D eigenvalue weighted by Gasteiger charge is 2.11. The van der Waals surface area contributed by atoms with Gasteiger partial charge in [0.2, 0.25) is 0 Å². The molecule has 1 nitrogen and oxygen atoms in total. The SMILES string of the molecule is Cc1cc(Cl)ccc1C(N)Cc1ccc(Cl)s1. The van der Waals surface area contributed by atoms with Gasteiger partial charge in [-0.25, -0.2) is 0 Å². The van der Waals surface area contributed by atoms with Crippen LogP contribution >= 0.6 is 34.5 Å². The number of hydrogen-bond donors (Lipinski definition) is 1. The first-order valence-electron chi connectivity index (χ1n) is 5.32. The van der Waals surface area contributed by atoms with Crippen LogP contribution in [0.2, 0.25) is 9.36 Å². The van der Waals surface area contributed by atoms with E-state index in [2.05, 4.69) is 0 Å². The van der Waals surface area contributed by atoms with E-state index in [-0.39, 0.29) is 6.04 Å². The van der Waals surface area contributed by atoms with Crippen LogP contribution in [0.15, 0.2) is 30.3 Å². The lowest BCUT2D eigenvalue weighted by Gasteiger charge is -2.14. The topological polar surface area (TPSA) is 26.0 Å². The summed E-state index contributed by atoms with van der Waals surface area (Å²) in [7, 11) is 0. The lowest BCUT2D eigenvalue weighted by atomic mass is 9.99. The molecule has 2 aromatic rings. The van der Waals surface area contributed by atoms with Gasteiger partial charge in [-0.2, -0.15) is 0 Å². The highest BCUT2D eigenvalue weighted by molar-refractivity contribution is 7.16. The first-order chi connectivity index (χ1) is 8.06. The number of benzene rings is 1.